The Bertz CT molecular complexity index is 63.9. The van der Waals surface area contributed by atoms with Crippen molar-refractivity contribution in [3.8, 4) is 0 Å². The summed E-state index contributed by atoms with van der Waals surface area (Å²) in [5.74, 6) is 0.505. The molecule has 9 heavy (non-hydrogen) atoms. The summed E-state index contributed by atoms with van der Waals surface area (Å²) in [6, 6.07) is 0.168. The van der Waals surface area contributed by atoms with Gasteiger partial charge in [0.2, 0.25) is 0 Å². The lowest BCUT2D eigenvalue weighted by Crippen LogP contribution is -2.31. The topological polar surface area (TPSA) is 35.2 Å². The van der Waals surface area contributed by atoms with Crippen molar-refractivity contribution in [3.05, 3.63) is 6.61 Å². The summed E-state index contributed by atoms with van der Waals surface area (Å²) in [5, 5.41) is 0. The molecule has 0 aromatic rings. The minimum atomic E-state index is 0.168. The van der Waals surface area contributed by atoms with Crippen LogP contribution in [0.4, 0.5) is 0 Å². The quantitative estimate of drug-likeness (QED) is 0.620. The highest BCUT2D eigenvalue weighted by Crippen LogP contribution is 1.98. The zero-order chi connectivity index (χ0) is 7.28. The van der Waals surface area contributed by atoms with Gasteiger partial charge < -0.3 is 10.5 Å². The second-order valence-corrected chi connectivity index (χ2v) is 2.48. The lowest BCUT2D eigenvalue weighted by atomic mass is 10.1. The van der Waals surface area contributed by atoms with Crippen LogP contribution in [-0.2, 0) is 4.74 Å². The number of ether oxygens (including phenoxy) is 1. The molecule has 1 atom stereocenters. The first-order valence-corrected chi connectivity index (χ1v) is 3.33. The average Bonchev–Trinajstić information content (AvgIpc) is 1.82. The third-order valence-electron chi connectivity index (χ3n) is 1.31. The van der Waals surface area contributed by atoms with Crippen molar-refractivity contribution in [3.63, 3.8) is 0 Å². The van der Waals surface area contributed by atoms with Gasteiger partial charge in [0.15, 0.2) is 0 Å². The largest absolute Gasteiger partial charge is 0.374 e. The monoisotopic (exact) mass is 130 g/mol. The third-order valence-corrected chi connectivity index (χ3v) is 1.31. The van der Waals surface area contributed by atoms with Gasteiger partial charge in [0.05, 0.1) is 13.2 Å². The maximum atomic E-state index is 5.66. The molecule has 0 saturated carbocycles. The van der Waals surface area contributed by atoms with Crippen LogP contribution >= 0.6 is 0 Å². The Morgan fingerprint density at radius 2 is 2.11 bits per heavy atom. The molecule has 0 aliphatic heterocycles. The lowest BCUT2D eigenvalue weighted by molar-refractivity contribution is 0.169. The first-order chi connectivity index (χ1) is 4.18. The summed E-state index contributed by atoms with van der Waals surface area (Å²) in [5.41, 5.74) is 5.66. The van der Waals surface area contributed by atoms with Crippen molar-refractivity contribution in [1.82, 2.24) is 0 Å². The molecule has 2 nitrogen and oxygen atoms in total. The van der Waals surface area contributed by atoms with Gasteiger partial charge in [-0.15, -0.1) is 0 Å². The van der Waals surface area contributed by atoms with E-state index >= 15 is 0 Å². The van der Waals surface area contributed by atoms with Crippen LogP contribution in [0, 0.1) is 12.5 Å². The first kappa shape index (κ1) is 8.92. The Morgan fingerprint density at radius 1 is 1.56 bits per heavy atom. The molecule has 0 saturated heterocycles. The zero-order valence-electron chi connectivity index (χ0n) is 6.42. The Balaban J connectivity index is 3.16. The molecule has 55 valence electrons. The van der Waals surface area contributed by atoms with Crippen molar-refractivity contribution in [2.24, 2.45) is 11.7 Å². The molecule has 0 rings (SSSR count). The summed E-state index contributed by atoms with van der Waals surface area (Å²) in [6.45, 7) is 8.33. The van der Waals surface area contributed by atoms with Crippen molar-refractivity contribution >= 4 is 0 Å². The highest BCUT2D eigenvalue weighted by atomic mass is 16.5. The predicted molar refractivity (Wildman–Crippen MR) is 38.7 cm³/mol. The highest BCUT2D eigenvalue weighted by molar-refractivity contribution is 4.63. The molecule has 0 fully saturated rings. The van der Waals surface area contributed by atoms with Crippen LogP contribution in [0.25, 0.3) is 0 Å². The minimum absolute atomic E-state index is 0.168. The van der Waals surface area contributed by atoms with Crippen LogP contribution in [0.5, 0.6) is 0 Å². The molecule has 0 aromatic carbocycles. The van der Waals surface area contributed by atoms with Gasteiger partial charge in [-0.3, -0.25) is 0 Å². The van der Waals surface area contributed by atoms with Crippen LogP contribution in [0.1, 0.15) is 20.8 Å². The van der Waals surface area contributed by atoms with Gasteiger partial charge >= 0.3 is 0 Å². The smallest absolute Gasteiger partial charge is 0.0806 e. The number of nitrogens with two attached hydrogens (primary N) is 1. The van der Waals surface area contributed by atoms with E-state index in [1.54, 1.807) is 6.61 Å². The SMILES string of the molecule is C[CH]OC[C@@H](N)C(C)C. The standard InChI is InChI=1S/C7H16NO/c1-4-9-5-7(8)6(2)3/h4,6-7H,5,8H2,1-3H3/t7-/m1/s1. The highest BCUT2D eigenvalue weighted by Gasteiger charge is 2.05. The van der Waals surface area contributed by atoms with Gasteiger partial charge in [0, 0.05) is 6.04 Å². The molecule has 0 bridgehead atoms. The van der Waals surface area contributed by atoms with Crippen LogP contribution in [0.3, 0.4) is 0 Å². The average molecular weight is 130 g/mol. The second kappa shape index (κ2) is 4.77. The van der Waals surface area contributed by atoms with E-state index in [2.05, 4.69) is 13.8 Å². The van der Waals surface area contributed by atoms with E-state index in [4.69, 9.17) is 10.5 Å². The van der Waals surface area contributed by atoms with Crippen molar-refractivity contribution in [2.45, 2.75) is 26.8 Å². The Labute approximate surface area is 57.4 Å². The van der Waals surface area contributed by atoms with Crippen LogP contribution in [-0.4, -0.2) is 12.6 Å². The van der Waals surface area contributed by atoms with E-state index in [0.717, 1.165) is 0 Å². The van der Waals surface area contributed by atoms with Crippen molar-refractivity contribution in [1.29, 1.82) is 0 Å². The van der Waals surface area contributed by atoms with E-state index < -0.39 is 0 Å². The first-order valence-electron chi connectivity index (χ1n) is 3.33. The van der Waals surface area contributed by atoms with E-state index in [1.807, 2.05) is 6.92 Å². The van der Waals surface area contributed by atoms with Gasteiger partial charge in [0.1, 0.15) is 0 Å². The molecule has 0 amide bonds. The fraction of sp³-hybridized carbons (Fsp3) is 0.857. The Kier molecular flexibility index (Phi) is 4.72. The third kappa shape index (κ3) is 4.43. The molecular formula is C7H16NO. The second-order valence-electron chi connectivity index (χ2n) is 2.48. The van der Waals surface area contributed by atoms with Crippen LogP contribution in [0.2, 0.25) is 0 Å². The summed E-state index contributed by atoms with van der Waals surface area (Å²) in [7, 11) is 0. The molecule has 0 aliphatic carbocycles. The maximum Gasteiger partial charge on any atom is 0.0806 e. The normalized spacial score (nSPS) is 14.3. The molecule has 0 aromatic heterocycles. The molecule has 2 heteroatoms. The molecular weight excluding hydrogens is 114 g/mol. The number of hydrogen-bond donors (Lipinski definition) is 1. The maximum absolute atomic E-state index is 5.66. The van der Waals surface area contributed by atoms with E-state index in [-0.39, 0.29) is 6.04 Å². The van der Waals surface area contributed by atoms with Gasteiger partial charge in [-0.2, -0.15) is 0 Å². The zero-order valence-corrected chi connectivity index (χ0v) is 6.42. The van der Waals surface area contributed by atoms with E-state index in [0.29, 0.717) is 12.5 Å². The van der Waals surface area contributed by atoms with E-state index in [1.165, 1.54) is 0 Å². The van der Waals surface area contributed by atoms with Crippen molar-refractivity contribution < 1.29 is 4.74 Å². The molecule has 0 aliphatic rings. The van der Waals surface area contributed by atoms with Crippen LogP contribution in [0.15, 0.2) is 0 Å². The number of hydrogen-bond acceptors (Lipinski definition) is 2. The van der Waals surface area contributed by atoms with Crippen LogP contribution < -0.4 is 5.73 Å². The minimum Gasteiger partial charge on any atom is -0.374 e. The molecule has 0 unspecified atom stereocenters. The summed E-state index contributed by atoms with van der Waals surface area (Å²) in [4.78, 5) is 0. The van der Waals surface area contributed by atoms with Gasteiger partial charge in [-0.1, -0.05) is 13.8 Å². The molecule has 0 spiro atoms. The Hall–Kier alpha value is -0.0800. The van der Waals surface area contributed by atoms with Gasteiger partial charge in [-0.05, 0) is 12.8 Å². The fourth-order valence-electron chi connectivity index (χ4n) is 0.400. The Morgan fingerprint density at radius 3 is 2.44 bits per heavy atom. The van der Waals surface area contributed by atoms with Gasteiger partial charge in [-0.25, -0.2) is 0 Å². The molecule has 0 heterocycles. The summed E-state index contributed by atoms with van der Waals surface area (Å²) >= 11 is 0. The van der Waals surface area contributed by atoms with E-state index in [9.17, 15) is 0 Å². The molecule has 1 radical (unpaired) electrons. The summed E-state index contributed by atoms with van der Waals surface area (Å²) in [6.07, 6.45) is 0. The van der Waals surface area contributed by atoms with Gasteiger partial charge in [0.25, 0.3) is 0 Å². The summed E-state index contributed by atoms with van der Waals surface area (Å²) < 4.78 is 5.01. The fourth-order valence-corrected chi connectivity index (χ4v) is 0.400. The molecule has 2 N–H and O–H groups in total. The number of rotatable bonds is 4. The predicted octanol–water partition coefficient (Wildman–Crippen LogP) is 1.17. The lowest BCUT2D eigenvalue weighted by Gasteiger charge is -2.13. The van der Waals surface area contributed by atoms with Crippen molar-refractivity contribution in [2.75, 3.05) is 6.61 Å².